The predicted octanol–water partition coefficient (Wildman–Crippen LogP) is 5.58. The topological polar surface area (TPSA) is 76.7 Å². The molecule has 0 bridgehead atoms. The van der Waals surface area contributed by atoms with Crippen LogP contribution in [-0.4, -0.2) is 16.8 Å². The fourth-order valence-corrected chi connectivity index (χ4v) is 4.82. The minimum atomic E-state index is -0.957. The minimum Gasteiger partial charge on any atom is -0.478 e. The van der Waals surface area contributed by atoms with E-state index in [0.29, 0.717) is 10.6 Å². The van der Waals surface area contributed by atoms with Gasteiger partial charge in [0, 0.05) is 11.5 Å². The molecular weight excluding hydrogens is 429 g/mol. The molecule has 0 saturated heterocycles. The van der Waals surface area contributed by atoms with Crippen molar-refractivity contribution in [2.75, 3.05) is 5.01 Å². The number of anilines is 1. The maximum Gasteiger partial charge on any atom is 0.335 e. The summed E-state index contributed by atoms with van der Waals surface area (Å²) in [7, 11) is 0. The highest BCUT2D eigenvalue weighted by atomic mass is 35.5. The molecule has 1 aliphatic heterocycles. The van der Waals surface area contributed by atoms with Crippen molar-refractivity contribution in [1.82, 2.24) is 0 Å². The number of fused-ring (bicyclic) bond motifs is 3. The van der Waals surface area contributed by atoms with Gasteiger partial charge in [-0.15, -0.1) is 0 Å². The van der Waals surface area contributed by atoms with Crippen LogP contribution in [0.1, 0.15) is 45.1 Å². The van der Waals surface area contributed by atoms with Crippen molar-refractivity contribution in [3.8, 4) is 6.07 Å². The number of hydrogen-bond donors (Lipinski definition) is 1. The average Bonchev–Trinajstić information content (AvgIpc) is 3.19. The Morgan fingerprint density at radius 3 is 2.62 bits per heavy atom. The van der Waals surface area contributed by atoms with E-state index in [1.54, 1.807) is 42.5 Å². The summed E-state index contributed by atoms with van der Waals surface area (Å²) < 4.78 is 13.6. The molecule has 0 radical (unpaired) electrons. The van der Waals surface area contributed by atoms with Crippen LogP contribution < -0.4 is 5.01 Å². The number of rotatable bonds is 3. The number of carbonyl (C=O) groups is 1. The smallest absolute Gasteiger partial charge is 0.335 e. The van der Waals surface area contributed by atoms with E-state index in [-0.39, 0.29) is 23.3 Å². The van der Waals surface area contributed by atoms with Gasteiger partial charge in [-0.3, -0.25) is 5.01 Å². The molecule has 0 fully saturated rings. The summed E-state index contributed by atoms with van der Waals surface area (Å²) in [5, 5.41) is 25.7. The van der Waals surface area contributed by atoms with Crippen molar-refractivity contribution in [3.05, 3.63) is 99.3 Å². The highest BCUT2D eigenvalue weighted by Crippen LogP contribution is 2.46. The summed E-state index contributed by atoms with van der Waals surface area (Å²) in [5.41, 5.74) is 5.04. The molecule has 3 aromatic carbocycles. The fraction of sp³-hybridized carbons (Fsp3) is 0.160. The molecule has 5 nitrogen and oxygen atoms in total. The van der Waals surface area contributed by atoms with Crippen LogP contribution in [0, 0.1) is 23.1 Å². The number of nitriles is 1. The maximum absolute atomic E-state index is 13.6. The molecule has 5 rings (SSSR count). The molecule has 0 unspecified atom stereocenters. The second-order valence-electron chi connectivity index (χ2n) is 7.92. The molecule has 1 aliphatic carbocycles. The lowest BCUT2D eigenvalue weighted by atomic mass is 9.77. The molecule has 2 aliphatic rings. The molecule has 7 heteroatoms. The number of hydrogen-bond acceptors (Lipinski definition) is 4. The van der Waals surface area contributed by atoms with Gasteiger partial charge >= 0.3 is 5.97 Å². The first-order valence-electron chi connectivity index (χ1n) is 10.2. The van der Waals surface area contributed by atoms with E-state index < -0.39 is 5.97 Å². The normalized spacial score (nSPS) is 19.0. The number of nitrogens with zero attached hydrogens (tertiary/aromatic N) is 3. The summed E-state index contributed by atoms with van der Waals surface area (Å²) in [6.07, 6.45) is 1.50. The zero-order chi connectivity index (χ0) is 22.4. The van der Waals surface area contributed by atoms with Crippen molar-refractivity contribution in [1.29, 1.82) is 5.26 Å². The van der Waals surface area contributed by atoms with Gasteiger partial charge < -0.3 is 5.11 Å². The Labute approximate surface area is 189 Å². The number of hydrazone groups is 1. The number of carboxylic acids is 1. The lowest BCUT2D eigenvalue weighted by molar-refractivity contribution is 0.0696. The Balaban J connectivity index is 1.64. The van der Waals surface area contributed by atoms with Crippen LogP contribution in [0.4, 0.5) is 10.1 Å². The molecule has 0 amide bonds. The first-order chi connectivity index (χ1) is 15.5. The van der Waals surface area contributed by atoms with E-state index in [1.165, 1.54) is 12.1 Å². The van der Waals surface area contributed by atoms with Gasteiger partial charge in [-0.1, -0.05) is 29.8 Å². The van der Waals surface area contributed by atoms with Crippen molar-refractivity contribution < 1.29 is 14.3 Å². The fourth-order valence-electron chi connectivity index (χ4n) is 4.60. The van der Waals surface area contributed by atoms with Gasteiger partial charge in [-0.05, 0) is 66.4 Å². The van der Waals surface area contributed by atoms with Crippen molar-refractivity contribution in [2.45, 2.75) is 18.9 Å². The zero-order valence-corrected chi connectivity index (χ0v) is 17.6. The molecule has 32 heavy (non-hydrogen) atoms. The maximum atomic E-state index is 13.6. The van der Waals surface area contributed by atoms with E-state index >= 15 is 0 Å². The highest BCUT2D eigenvalue weighted by Gasteiger charge is 2.42. The van der Waals surface area contributed by atoms with Gasteiger partial charge in [0.05, 0.1) is 33.6 Å². The molecule has 158 valence electrons. The van der Waals surface area contributed by atoms with Crippen LogP contribution in [0.3, 0.4) is 0 Å². The van der Waals surface area contributed by atoms with E-state index in [2.05, 4.69) is 6.07 Å². The Bertz CT molecular complexity index is 1310. The van der Waals surface area contributed by atoms with Crippen molar-refractivity contribution in [2.24, 2.45) is 11.0 Å². The van der Waals surface area contributed by atoms with Crippen molar-refractivity contribution >= 4 is 29.0 Å². The monoisotopic (exact) mass is 445 g/mol. The Hall–Kier alpha value is -3.69. The van der Waals surface area contributed by atoms with Crippen LogP contribution in [0.15, 0.2) is 65.8 Å². The largest absolute Gasteiger partial charge is 0.478 e. The van der Waals surface area contributed by atoms with Gasteiger partial charge in [0.2, 0.25) is 0 Å². The number of halogens is 2. The summed E-state index contributed by atoms with van der Waals surface area (Å²) in [6.45, 7) is 0. The summed E-state index contributed by atoms with van der Waals surface area (Å²) in [6, 6.07) is 18.6. The second-order valence-corrected chi connectivity index (χ2v) is 8.33. The Kier molecular flexibility index (Phi) is 4.91. The van der Waals surface area contributed by atoms with E-state index in [4.69, 9.17) is 16.7 Å². The molecule has 0 aromatic heterocycles. The lowest BCUT2D eigenvalue weighted by Gasteiger charge is -2.31. The van der Waals surface area contributed by atoms with Gasteiger partial charge in [0.25, 0.3) is 0 Å². The third-order valence-corrected chi connectivity index (χ3v) is 6.43. The first kappa shape index (κ1) is 20.2. The highest BCUT2D eigenvalue weighted by molar-refractivity contribution is 6.32. The van der Waals surface area contributed by atoms with E-state index in [9.17, 15) is 19.6 Å². The zero-order valence-electron chi connectivity index (χ0n) is 16.8. The number of aryl methyl sites for hydroxylation is 1. The molecule has 0 saturated carbocycles. The van der Waals surface area contributed by atoms with Crippen molar-refractivity contribution in [3.63, 3.8) is 0 Å². The molecule has 3 aromatic rings. The molecular formula is C25H17ClFN3O2. The number of benzene rings is 3. The lowest BCUT2D eigenvalue weighted by Crippen LogP contribution is -2.29. The van der Waals surface area contributed by atoms with Crippen LogP contribution in [-0.2, 0) is 6.42 Å². The summed E-state index contributed by atoms with van der Waals surface area (Å²) in [5.74, 6) is -1.23. The van der Waals surface area contributed by atoms with Crippen LogP contribution in [0.25, 0.3) is 0 Å². The summed E-state index contributed by atoms with van der Waals surface area (Å²) >= 11 is 6.30. The van der Waals surface area contributed by atoms with Crippen LogP contribution in [0.2, 0.25) is 5.02 Å². The van der Waals surface area contributed by atoms with Crippen LogP contribution >= 0.6 is 11.6 Å². The van der Waals surface area contributed by atoms with Gasteiger partial charge in [-0.2, -0.15) is 10.4 Å². The van der Waals surface area contributed by atoms with E-state index in [1.807, 2.05) is 11.1 Å². The predicted molar refractivity (Wildman–Crippen MR) is 120 cm³/mol. The number of aromatic carboxylic acids is 1. The summed E-state index contributed by atoms with van der Waals surface area (Å²) in [4.78, 5) is 11.4. The standard InChI is InChI=1S/C25H17ClFN3O2/c26-22-12-19(8-3-17(22)13-28)30-24(14-1-6-18(27)7-2-14)21-10-4-15-11-16(25(31)32)5-9-20(15)23(21)29-30/h1-3,5-9,11-12,21,24H,4,10H2,(H,31,32)/t21-,24-/m1/s1. The SMILES string of the molecule is N#Cc1ccc(N2N=C3c4ccc(C(=O)O)cc4CC[C@H]3[C@H]2c2ccc(F)cc2)cc1Cl. The molecule has 0 spiro atoms. The third kappa shape index (κ3) is 3.31. The van der Waals surface area contributed by atoms with E-state index in [0.717, 1.165) is 40.9 Å². The Morgan fingerprint density at radius 2 is 1.94 bits per heavy atom. The van der Waals surface area contributed by atoms with Gasteiger partial charge in [0.1, 0.15) is 11.9 Å². The van der Waals surface area contributed by atoms with Gasteiger partial charge in [0.15, 0.2) is 0 Å². The first-order valence-corrected chi connectivity index (χ1v) is 10.5. The minimum absolute atomic E-state index is 0.0399. The average molecular weight is 446 g/mol. The quantitative estimate of drug-likeness (QED) is 0.571. The second kappa shape index (κ2) is 7.77. The van der Waals surface area contributed by atoms with Gasteiger partial charge in [-0.25, -0.2) is 9.18 Å². The van der Waals surface area contributed by atoms with Crippen LogP contribution in [0.5, 0.6) is 0 Å². The Morgan fingerprint density at radius 1 is 1.16 bits per heavy atom. The third-order valence-electron chi connectivity index (χ3n) is 6.11. The molecule has 1 N–H and O–H groups in total. The number of carboxylic acid groups (broad SMARTS) is 1. The molecule has 2 atom stereocenters. The molecule has 1 heterocycles.